The van der Waals surface area contributed by atoms with Crippen LogP contribution in [0.1, 0.15) is 11.3 Å². The number of aryl methyl sites for hydroxylation is 1. The summed E-state index contributed by atoms with van der Waals surface area (Å²) in [4.78, 5) is 20.3. The van der Waals surface area contributed by atoms with Gasteiger partial charge in [0.05, 0.1) is 30.9 Å². The van der Waals surface area contributed by atoms with Gasteiger partial charge in [0.15, 0.2) is 5.82 Å². The Kier molecular flexibility index (Phi) is 6.42. The van der Waals surface area contributed by atoms with Gasteiger partial charge in [-0.2, -0.15) is 0 Å². The van der Waals surface area contributed by atoms with Crippen molar-refractivity contribution in [2.45, 2.75) is 17.7 Å². The average Bonchev–Trinajstić information content (AvgIpc) is 3.25. The monoisotopic (exact) mass is 433 g/mol. The molecule has 0 spiro atoms. The van der Waals surface area contributed by atoms with Crippen molar-refractivity contribution in [2.24, 2.45) is 0 Å². The minimum atomic E-state index is -3.57. The van der Waals surface area contributed by atoms with Crippen molar-refractivity contribution >= 4 is 38.9 Å². The van der Waals surface area contributed by atoms with Crippen molar-refractivity contribution in [3.8, 4) is 5.75 Å². The predicted molar refractivity (Wildman–Crippen MR) is 111 cm³/mol. The van der Waals surface area contributed by atoms with Crippen molar-refractivity contribution in [3.05, 3.63) is 59.4 Å². The summed E-state index contributed by atoms with van der Waals surface area (Å²) in [6.07, 6.45) is 3.00. The number of methoxy groups -OCH3 is 1. The summed E-state index contributed by atoms with van der Waals surface area (Å²) in [5.41, 5.74) is 1.84. The molecular weight excluding hydrogens is 414 g/mol. The molecule has 0 aliphatic rings. The lowest BCUT2D eigenvalue weighted by Crippen LogP contribution is -2.23. The molecule has 0 fully saturated rings. The summed E-state index contributed by atoms with van der Waals surface area (Å²) in [6.45, 7) is 1.88. The Morgan fingerprint density at radius 3 is 2.66 bits per heavy atom. The van der Waals surface area contributed by atoms with Crippen LogP contribution in [-0.2, 0) is 16.6 Å². The molecule has 0 saturated carbocycles. The molecule has 11 heteroatoms. The van der Waals surface area contributed by atoms with Crippen molar-refractivity contribution in [1.29, 1.82) is 0 Å². The molecular formula is C18H19N5O4S2. The molecule has 0 saturated heterocycles. The van der Waals surface area contributed by atoms with E-state index >= 15 is 0 Å². The van der Waals surface area contributed by atoms with Crippen LogP contribution < -0.4 is 20.1 Å². The largest absolute Gasteiger partial charge is 0.495 e. The Hall–Kier alpha value is -3.02. The molecule has 0 atom stereocenters. The number of urea groups is 1. The summed E-state index contributed by atoms with van der Waals surface area (Å²) in [7, 11) is -2.10. The normalized spacial score (nSPS) is 11.1. The van der Waals surface area contributed by atoms with E-state index in [9.17, 15) is 13.2 Å². The number of anilines is 2. The van der Waals surface area contributed by atoms with E-state index in [4.69, 9.17) is 4.74 Å². The lowest BCUT2D eigenvalue weighted by atomic mass is 10.2. The van der Waals surface area contributed by atoms with E-state index in [1.165, 1.54) is 19.4 Å². The third-order valence-electron chi connectivity index (χ3n) is 3.76. The lowest BCUT2D eigenvalue weighted by Gasteiger charge is -2.13. The quantitative estimate of drug-likeness (QED) is 0.526. The Morgan fingerprint density at radius 2 is 2.00 bits per heavy atom. The first kappa shape index (κ1) is 20.7. The van der Waals surface area contributed by atoms with E-state index < -0.39 is 16.1 Å². The van der Waals surface area contributed by atoms with E-state index in [0.29, 0.717) is 22.8 Å². The van der Waals surface area contributed by atoms with E-state index in [-0.39, 0.29) is 10.8 Å². The van der Waals surface area contributed by atoms with Crippen LogP contribution in [0.5, 0.6) is 5.75 Å². The number of carbonyl (C=O) groups is 1. The smallest absolute Gasteiger partial charge is 0.324 e. The molecule has 0 radical (unpaired) electrons. The zero-order valence-corrected chi connectivity index (χ0v) is 17.3. The zero-order chi connectivity index (χ0) is 20.9. The molecule has 29 heavy (non-hydrogen) atoms. The number of aromatic nitrogens is 2. The molecule has 9 nitrogen and oxygen atoms in total. The van der Waals surface area contributed by atoms with Gasteiger partial charge in [-0.05, 0) is 36.1 Å². The van der Waals surface area contributed by atoms with Crippen LogP contribution in [0.15, 0.2) is 52.3 Å². The maximum absolute atomic E-state index is 12.2. The summed E-state index contributed by atoms with van der Waals surface area (Å²) >= 11 is 1.14. The van der Waals surface area contributed by atoms with Crippen LogP contribution in [-0.4, -0.2) is 31.5 Å². The zero-order valence-electron chi connectivity index (χ0n) is 15.7. The Morgan fingerprint density at radius 1 is 1.17 bits per heavy atom. The SMILES string of the molecule is COc1cc(CNS(=O)(=O)c2cccs2)ccc1NC(=O)Nc1cnc(C)cn1. The molecule has 152 valence electrons. The molecule has 2 aromatic heterocycles. The Labute approximate surface area is 172 Å². The predicted octanol–water partition coefficient (Wildman–Crippen LogP) is 2.98. The van der Waals surface area contributed by atoms with Gasteiger partial charge >= 0.3 is 6.03 Å². The van der Waals surface area contributed by atoms with Crippen LogP contribution in [0.25, 0.3) is 0 Å². The maximum Gasteiger partial charge on any atom is 0.324 e. The fourth-order valence-corrected chi connectivity index (χ4v) is 4.40. The average molecular weight is 434 g/mol. The molecule has 1 aromatic carbocycles. The summed E-state index contributed by atoms with van der Waals surface area (Å²) in [5, 5.41) is 6.94. The minimum Gasteiger partial charge on any atom is -0.495 e. The molecule has 2 heterocycles. The summed E-state index contributed by atoms with van der Waals surface area (Å²) < 4.78 is 32.5. The van der Waals surface area contributed by atoms with E-state index in [2.05, 4.69) is 25.3 Å². The Balaban J connectivity index is 1.65. The highest BCUT2D eigenvalue weighted by molar-refractivity contribution is 7.91. The van der Waals surface area contributed by atoms with Crippen molar-refractivity contribution in [1.82, 2.24) is 14.7 Å². The van der Waals surface area contributed by atoms with Gasteiger partial charge in [-0.25, -0.2) is 22.9 Å². The first-order valence-electron chi connectivity index (χ1n) is 8.44. The van der Waals surface area contributed by atoms with Crippen LogP contribution >= 0.6 is 11.3 Å². The van der Waals surface area contributed by atoms with Crippen LogP contribution in [0, 0.1) is 6.92 Å². The Bertz CT molecular complexity index is 1080. The maximum atomic E-state index is 12.2. The molecule has 2 amide bonds. The second-order valence-corrected chi connectivity index (χ2v) is 8.85. The minimum absolute atomic E-state index is 0.0853. The number of nitrogens with zero attached hydrogens (tertiary/aromatic N) is 2. The highest BCUT2D eigenvalue weighted by atomic mass is 32.2. The number of hydrogen-bond donors (Lipinski definition) is 3. The second kappa shape index (κ2) is 8.99. The number of ether oxygens (including phenoxy) is 1. The van der Waals surface area contributed by atoms with E-state index in [0.717, 1.165) is 17.0 Å². The second-order valence-electron chi connectivity index (χ2n) is 5.91. The van der Waals surface area contributed by atoms with Crippen molar-refractivity contribution < 1.29 is 17.9 Å². The van der Waals surface area contributed by atoms with E-state index in [1.807, 2.05) is 0 Å². The first-order valence-corrected chi connectivity index (χ1v) is 10.8. The third kappa shape index (κ3) is 5.50. The fraction of sp³-hybridized carbons (Fsp3) is 0.167. The highest BCUT2D eigenvalue weighted by Gasteiger charge is 2.15. The molecule has 3 aromatic rings. The number of sulfonamides is 1. The van der Waals surface area contributed by atoms with Gasteiger partial charge in [0.25, 0.3) is 0 Å². The third-order valence-corrected chi connectivity index (χ3v) is 6.56. The van der Waals surface area contributed by atoms with Crippen LogP contribution in [0.4, 0.5) is 16.3 Å². The van der Waals surface area contributed by atoms with Gasteiger partial charge in [-0.3, -0.25) is 10.3 Å². The number of rotatable bonds is 7. The van der Waals surface area contributed by atoms with Crippen LogP contribution in [0.3, 0.4) is 0 Å². The topological polar surface area (TPSA) is 122 Å². The van der Waals surface area contributed by atoms with Crippen molar-refractivity contribution in [3.63, 3.8) is 0 Å². The lowest BCUT2D eigenvalue weighted by molar-refractivity contribution is 0.262. The molecule has 3 rings (SSSR count). The van der Waals surface area contributed by atoms with Gasteiger partial charge in [0.2, 0.25) is 10.0 Å². The van der Waals surface area contributed by atoms with Gasteiger partial charge in [0.1, 0.15) is 9.96 Å². The fourth-order valence-electron chi connectivity index (χ4n) is 2.34. The molecule has 3 N–H and O–H groups in total. The molecule has 0 bridgehead atoms. The van der Waals surface area contributed by atoms with E-state index in [1.54, 1.807) is 42.8 Å². The number of carbonyl (C=O) groups excluding carboxylic acids is 1. The standard InChI is InChI=1S/C18H19N5O4S2/c1-12-9-20-16(11-19-12)23-18(24)22-14-6-5-13(8-15(14)27-2)10-21-29(25,26)17-4-3-7-28-17/h3-9,11,21H,10H2,1-2H3,(H2,20,22,23,24). The number of amides is 2. The number of nitrogens with one attached hydrogen (secondary N) is 3. The van der Waals surface area contributed by atoms with Gasteiger partial charge in [-0.1, -0.05) is 12.1 Å². The highest BCUT2D eigenvalue weighted by Crippen LogP contribution is 2.26. The van der Waals surface area contributed by atoms with Crippen molar-refractivity contribution in [2.75, 3.05) is 17.7 Å². The summed E-state index contributed by atoms with van der Waals surface area (Å²) in [5.74, 6) is 0.703. The van der Waals surface area contributed by atoms with Gasteiger partial charge in [0, 0.05) is 6.54 Å². The number of thiophene rings is 1. The van der Waals surface area contributed by atoms with Gasteiger partial charge in [-0.15, -0.1) is 11.3 Å². The molecule has 0 unspecified atom stereocenters. The number of benzene rings is 1. The van der Waals surface area contributed by atoms with Gasteiger partial charge < -0.3 is 10.1 Å². The molecule has 0 aliphatic carbocycles. The number of hydrogen-bond acceptors (Lipinski definition) is 7. The molecule has 0 aliphatic heterocycles. The summed E-state index contributed by atoms with van der Waals surface area (Å²) in [6, 6.07) is 7.69. The first-order chi connectivity index (χ1) is 13.9. The van der Waals surface area contributed by atoms with Crippen LogP contribution in [0.2, 0.25) is 0 Å².